The zero-order valence-electron chi connectivity index (χ0n) is 22.1. The quantitative estimate of drug-likeness (QED) is 0.427. The normalized spacial score (nSPS) is 16.5. The zero-order chi connectivity index (χ0) is 27.0. The molecule has 2 aliphatic rings. The first-order valence-electron chi connectivity index (χ1n) is 13.6. The second-order valence-corrected chi connectivity index (χ2v) is 10.2. The van der Waals surface area contributed by atoms with Gasteiger partial charge in [-0.3, -0.25) is 9.69 Å². The van der Waals surface area contributed by atoms with E-state index in [1.54, 1.807) is 24.3 Å². The highest BCUT2D eigenvalue weighted by molar-refractivity contribution is 5.94. The number of anilines is 1. The Hall–Kier alpha value is -4.17. The van der Waals surface area contributed by atoms with E-state index in [0.29, 0.717) is 36.4 Å². The SMILES string of the molecule is N#Cc1ccc(COC(CN2CCN(C(=O)c3cccc(C#N)c3)CC2)c2cccc(N3CCCC3)c2)cc1. The number of hydrogen-bond donors (Lipinski definition) is 0. The highest BCUT2D eigenvalue weighted by Crippen LogP contribution is 2.28. The molecule has 2 heterocycles. The van der Waals surface area contributed by atoms with Crippen LogP contribution in [0.1, 0.15) is 51.6 Å². The average molecular weight is 520 g/mol. The molecule has 1 amide bonds. The summed E-state index contributed by atoms with van der Waals surface area (Å²) in [6.45, 7) is 6.14. The molecule has 7 heteroatoms. The van der Waals surface area contributed by atoms with Gasteiger partial charge in [0, 0.05) is 57.1 Å². The molecule has 3 aromatic carbocycles. The Kier molecular flexibility index (Phi) is 8.53. The van der Waals surface area contributed by atoms with Gasteiger partial charge in [-0.1, -0.05) is 30.3 Å². The number of rotatable bonds is 8. The summed E-state index contributed by atoms with van der Waals surface area (Å²) in [6.07, 6.45) is 2.33. The highest BCUT2D eigenvalue weighted by atomic mass is 16.5. The Morgan fingerprint density at radius 3 is 2.26 bits per heavy atom. The van der Waals surface area contributed by atoms with Gasteiger partial charge >= 0.3 is 0 Å². The molecule has 1 unspecified atom stereocenters. The number of nitrogens with zero attached hydrogens (tertiary/aromatic N) is 5. The second kappa shape index (κ2) is 12.6. The standard InChI is InChI=1S/C32H33N5O2/c33-21-25-9-11-26(12-10-25)24-39-31(28-6-4-8-30(20-28)36-13-1-2-14-36)23-35-15-17-37(18-16-35)32(38)29-7-3-5-27(19-29)22-34/h3-12,19-20,31H,1-2,13-18,23-24H2. The van der Waals surface area contributed by atoms with E-state index in [0.717, 1.165) is 43.9 Å². The van der Waals surface area contributed by atoms with Crippen molar-refractivity contribution in [3.63, 3.8) is 0 Å². The van der Waals surface area contributed by atoms with Gasteiger partial charge < -0.3 is 14.5 Å². The van der Waals surface area contributed by atoms with Crippen LogP contribution >= 0.6 is 0 Å². The second-order valence-electron chi connectivity index (χ2n) is 10.2. The van der Waals surface area contributed by atoms with E-state index in [1.807, 2.05) is 29.2 Å². The Morgan fingerprint density at radius 1 is 0.821 bits per heavy atom. The summed E-state index contributed by atoms with van der Waals surface area (Å²) in [6, 6.07) is 27.4. The summed E-state index contributed by atoms with van der Waals surface area (Å²) in [5, 5.41) is 18.3. The van der Waals surface area contributed by atoms with Crippen LogP contribution in [0.2, 0.25) is 0 Å². The smallest absolute Gasteiger partial charge is 0.253 e. The largest absolute Gasteiger partial charge is 0.372 e. The van der Waals surface area contributed by atoms with Crippen molar-refractivity contribution in [3.05, 3.63) is 101 Å². The van der Waals surface area contributed by atoms with Gasteiger partial charge in [-0.15, -0.1) is 0 Å². The molecule has 5 rings (SSSR count). The number of piperazine rings is 1. The van der Waals surface area contributed by atoms with Crippen molar-refractivity contribution >= 4 is 11.6 Å². The highest BCUT2D eigenvalue weighted by Gasteiger charge is 2.25. The molecule has 3 aromatic rings. The minimum absolute atomic E-state index is 0.0290. The van der Waals surface area contributed by atoms with Crippen LogP contribution in [0.15, 0.2) is 72.8 Å². The summed E-state index contributed by atoms with van der Waals surface area (Å²) in [5.74, 6) is -0.0290. The molecule has 2 fully saturated rings. The molecule has 0 aromatic heterocycles. The molecule has 39 heavy (non-hydrogen) atoms. The summed E-state index contributed by atoms with van der Waals surface area (Å²) < 4.78 is 6.52. The van der Waals surface area contributed by atoms with Crippen molar-refractivity contribution in [2.45, 2.75) is 25.6 Å². The lowest BCUT2D eigenvalue weighted by Crippen LogP contribution is -2.49. The van der Waals surface area contributed by atoms with Crippen LogP contribution < -0.4 is 4.90 Å². The summed E-state index contributed by atoms with van der Waals surface area (Å²) in [7, 11) is 0. The predicted molar refractivity (Wildman–Crippen MR) is 150 cm³/mol. The van der Waals surface area contributed by atoms with E-state index < -0.39 is 0 Å². The third kappa shape index (κ3) is 6.64. The fraction of sp³-hybridized carbons (Fsp3) is 0.344. The molecule has 7 nitrogen and oxygen atoms in total. The zero-order valence-corrected chi connectivity index (χ0v) is 22.1. The van der Waals surface area contributed by atoms with Crippen molar-refractivity contribution in [2.24, 2.45) is 0 Å². The van der Waals surface area contributed by atoms with Crippen LogP contribution in [0.3, 0.4) is 0 Å². The first kappa shape index (κ1) is 26.4. The molecule has 0 saturated carbocycles. The van der Waals surface area contributed by atoms with E-state index in [4.69, 9.17) is 10.00 Å². The number of amides is 1. The van der Waals surface area contributed by atoms with Crippen LogP contribution in [0, 0.1) is 22.7 Å². The van der Waals surface area contributed by atoms with Crippen molar-refractivity contribution < 1.29 is 9.53 Å². The van der Waals surface area contributed by atoms with E-state index in [2.05, 4.69) is 46.2 Å². The monoisotopic (exact) mass is 519 g/mol. The van der Waals surface area contributed by atoms with Gasteiger partial charge in [-0.25, -0.2) is 0 Å². The van der Waals surface area contributed by atoms with E-state index in [-0.39, 0.29) is 12.0 Å². The first-order chi connectivity index (χ1) is 19.1. The van der Waals surface area contributed by atoms with Crippen LogP contribution in [0.25, 0.3) is 0 Å². The van der Waals surface area contributed by atoms with Gasteiger partial charge in [-0.2, -0.15) is 10.5 Å². The van der Waals surface area contributed by atoms with Gasteiger partial charge in [0.15, 0.2) is 0 Å². The predicted octanol–water partition coefficient (Wildman–Crippen LogP) is 4.75. The lowest BCUT2D eigenvalue weighted by molar-refractivity contribution is 0.00344. The number of hydrogen-bond acceptors (Lipinski definition) is 6. The Balaban J connectivity index is 1.26. The van der Waals surface area contributed by atoms with Gasteiger partial charge in [0.25, 0.3) is 5.91 Å². The van der Waals surface area contributed by atoms with Crippen molar-refractivity contribution in [1.29, 1.82) is 10.5 Å². The number of carbonyl (C=O) groups is 1. The van der Waals surface area contributed by atoms with Crippen molar-refractivity contribution in [1.82, 2.24) is 9.80 Å². The molecule has 198 valence electrons. The van der Waals surface area contributed by atoms with Crippen molar-refractivity contribution in [3.8, 4) is 12.1 Å². The maximum Gasteiger partial charge on any atom is 0.253 e. The maximum atomic E-state index is 13.0. The molecule has 2 saturated heterocycles. The van der Waals surface area contributed by atoms with Crippen LogP contribution in [0.5, 0.6) is 0 Å². The Labute approximate surface area is 230 Å². The Morgan fingerprint density at radius 2 is 1.54 bits per heavy atom. The molecule has 2 aliphatic heterocycles. The minimum atomic E-state index is -0.127. The number of ether oxygens (including phenoxy) is 1. The van der Waals surface area contributed by atoms with E-state index in [9.17, 15) is 10.1 Å². The first-order valence-corrected chi connectivity index (χ1v) is 13.6. The van der Waals surface area contributed by atoms with Crippen molar-refractivity contribution in [2.75, 3.05) is 50.7 Å². The number of carbonyl (C=O) groups excluding carboxylic acids is 1. The van der Waals surface area contributed by atoms with Gasteiger partial charge in [0.05, 0.1) is 36.0 Å². The number of benzene rings is 3. The summed E-state index contributed by atoms with van der Waals surface area (Å²) in [5.41, 5.74) is 5.12. The van der Waals surface area contributed by atoms with Gasteiger partial charge in [0.1, 0.15) is 0 Å². The maximum absolute atomic E-state index is 13.0. The molecule has 0 N–H and O–H groups in total. The van der Waals surface area contributed by atoms with E-state index in [1.165, 1.54) is 18.5 Å². The third-order valence-electron chi connectivity index (χ3n) is 7.57. The molecule has 0 spiro atoms. The van der Waals surface area contributed by atoms with Crippen LogP contribution in [-0.4, -0.2) is 61.5 Å². The minimum Gasteiger partial charge on any atom is -0.372 e. The molecular formula is C32H33N5O2. The topological polar surface area (TPSA) is 83.6 Å². The Bertz CT molecular complexity index is 1360. The number of nitriles is 2. The fourth-order valence-electron chi connectivity index (χ4n) is 5.30. The molecule has 0 bridgehead atoms. The summed E-state index contributed by atoms with van der Waals surface area (Å²) >= 11 is 0. The molecular weight excluding hydrogens is 486 g/mol. The average Bonchev–Trinajstić information content (AvgIpc) is 3.55. The van der Waals surface area contributed by atoms with Gasteiger partial charge in [-0.05, 0) is 66.4 Å². The third-order valence-corrected chi connectivity index (χ3v) is 7.57. The molecule has 1 atom stereocenters. The summed E-state index contributed by atoms with van der Waals surface area (Å²) in [4.78, 5) is 19.7. The van der Waals surface area contributed by atoms with Gasteiger partial charge in [0.2, 0.25) is 0 Å². The lowest BCUT2D eigenvalue weighted by atomic mass is 10.1. The van der Waals surface area contributed by atoms with E-state index >= 15 is 0 Å². The molecule has 0 aliphatic carbocycles. The van der Waals surface area contributed by atoms with Crippen LogP contribution in [-0.2, 0) is 11.3 Å². The fourth-order valence-corrected chi connectivity index (χ4v) is 5.30. The lowest BCUT2D eigenvalue weighted by Gasteiger charge is -2.36. The molecule has 0 radical (unpaired) electrons. The van der Waals surface area contributed by atoms with Crippen LogP contribution in [0.4, 0.5) is 5.69 Å².